The number of para-hydroxylation sites is 1. The van der Waals surface area contributed by atoms with Gasteiger partial charge in [-0.15, -0.1) is 36.2 Å². The summed E-state index contributed by atoms with van der Waals surface area (Å²) >= 11 is 1.81. The molecule has 0 radical (unpaired) electrons. The first-order valence-corrected chi connectivity index (χ1v) is 6.93. The molecule has 1 aromatic carbocycles. The SMILES string of the molecule is Cl.Cl.NCC1CCN(Cc2nc3ccccc3s2)C1. The van der Waals surface area contributed by atoms with Gasteiger partial charge in [0, 0.05) is 6.54 Å². The second-order valence-corrected chi connectivity index (χ2v) is 5.82. The summed E-state index contributed by atoms with van der Waals surface area (Å²) in [6.45, 7) is 4.09. The van der Waals surface area contributed by atoms with E-state index in [4.69, 9.17) is 5.73 Å². The number of nitrogens with zero attached hydrogens (tertiary/aromatic N) is 2. The van der Waals surface area contributed by atoms with Crippen molar-refractivity contribution in [2.75, 3.05) is 19.6 Å². The molecular formula is C13H19Cl2N3S. The van der Waals surface area contributed by atoms with Gasteiger partial charge in [-0.3, -0.25) is 4.90 Å². The summed E-state index contributed by atoms with van der Waals surface area (Å²) in [5.41, 5.74) is 6.84. The molecule has 2 N–H and O–H groups in total. The molecule has 106 valence electrons. The number of nitrogens with two attached hydrogens (primary N) is 1. The Morgan fingerprint density at radius 3 is 2.79 bits per heavy atom. The van der Waals surface area contributed by atoms with Crippen molar-refractivity contribution >= 4 is 46.4 Å². The van der Waals surface area contributed by atoms with E-state index in [-0.39, 0.29) is 24.8 Å². The molecule has 1 aliphatic heterocycles. The van der Waals surface area contributed by atoms with Crippen molar-refractivity contribution in [3.05, 3.63) is 29.3 Å². The Balaban J connectivity index is 0.000000902. The minimum absolute atomic E-state index is 0. The minimum Gasteiger partial charge on any atom is -0.330 e. The van der Waals surface area contributed by atoms with Crippen LogP contribution in [0.5, 0.6) is 0 Å². The third kappa shape index (κ3) is 3.80. The second-order valence-electron chi connectivity index (χ2n) is 4.70. The number of fused-ring (bicyclic) bond motifs is 1. The van der Waals surface area contributed by atoms with Crippen molar-refractivity contribution in [3.63, 3.8) is 0 Å². The molecule has 6 heteroatoms. The molecule has 3 rings (SSSR count). The van der Waals surface area contributed by atoms with Crippen molar-refractivity contribution < 1.29 is 0 Å². The van der Waals surface area contributed by atoms with E-state index < -0.39 is 0 Å². The molecule has 1 atom stereocenters. The van der Waals surface area contributed by atoms with E-state index in [1.807, 2.05) is 17.4 Å². The summed E-state index contributed by atoms with van der Waals surface area (Å²) in [6.07, 6.45) is 1.24. The third-order valence-electron chi connectivity index (χ3n) is 3.40. The molecule has 0 spiro atoms. The molecule has 1 aliphatic rings. The first-order chi connectivity index (χ1) is 8.35. The lowest BCUT2D eigenvalue weighted by atomic mass is 10.1. The highest BCUT2D eigenvalue weighted by molar-refractivity contribution is 7.18. The average Bonchev–Trinajstić information content (AvgIpc) is 2.94. The van der Waals surface area contributed by atoms with E-state index in [1.165, 1.54) is 16.1 Å². The second kappa shape index (κ2) is 7.41. The predicted octanol–water partition coefficient (Wildman–Crippen LogP) is 2.92. The van der Waals surface area contributed by atoms with Crippen molar-refractivity contribution in [2.45, 2.75) is 13.0 Å². The van der Waals surface area contributed by atoms with Gasteiger partial charge in [0.1, 0.15) is 5.01 Å². The first kappa shape index (κ1) is 16.7. The maximum absolute atomic E-state index is 5.71. The topological polar surface area (TPSA) is 42.1 Å². The summed E-state index contributed by atoms with van der Waals surface area (Å²) in [6, 6.07) is 8.35. The molecule has 0 amide bonds. The van der Waals surface area contributed by atoms with E-state index in [2.05, 4.69) is 28.1 Å². The molecule has 2 heterocycles. The van der Waals surface area contributed by atoms with E-state index in [1.54, 1.807) is 0 Å². The number of likely N-dealkylation sites (tertiary alicyclic amines) is 1. The highest BCUT2D eigenvalue weighted by Crippen LogP contribution is 2.24. The Morgan fingerprint density at radius 2 is 2.11 bits per heavy atom. The van der Waals surface area contributed by atoms with Gasteiger partial charge >= 0.3 is 0 Å². The standard InChI is InChI=1S/C13H17N3S.2ClH/c14-7-10-5-6-16(8-10)9-13-15-11-3-1-2-4-12(11)17-13;;/h1-4,10H,5-9,14H2;2*1H. The van der Waals surface area contributed by atoms with E-state index in [0.717, 1.165) is 31.7 Å². The minimum atomic E-state index is 0. The first-order valence-electron chi connectivity index (χ1n) is 6.12. The highest BCUT2D eigenvalue weighted by Gasteiger charge is 2.21. The van der Waals surface area contributed by atoms with E-state index in [9.17, 15) is 0 Å². The fourth-order valence-corrected chi connectivity index (χ4v) is 3.44. The molecule has 0 saturated carbocycles. The molecule has 0 bridgehead atoms. The van der Waals surface area contributed by atoms with Crippen LogP contribution in [0.1, 0.15) is 11.4 Å². The van der Waals surface area contributed by atoms with Crippen LogP contribution < -0.4 is 5.73 Å². The Kier molecular flexibility index (Phi) is 6.50. The number of hydrogen-bond donors (Lipinski definition) is 1. The van der Waals surface area contributed by atoms with Gasteiger partial charge in [0.2, 0.25) is 0 Å². The maximum Gasteiger partial charge on any atom is 0.108 e. The zero-order valence-electron chi connectivity index (χ0n) is 10.6. The van der Waals surface area contributed by atoms with Gasteiger partial charge in [0.05, 0.1) is 16.8 Å². The monoisotopic (exact) mass is 319 g/mol. The van der Waals surface area contributed by atoms with Crippen LogP contribution in [0.4, 0.5) is 0 Å². The summed E-state index contributed by atoms with van der Waals surface area (Å²) in [5.74, 6) is 0.685. The lowest BCUT2D eigenvalue weighted by Crippen LogP contribution is -2.22. The summed E-state index contributed by atoms with van der Waals surface area (Å²) < 4.78 is 1.29. The molecule has 0 aliphatic carbocycles. The number of benzene rings is 1. The van der Waals surface area contributed by atoms with Gasteiger partial charge in [0.15, 0.2) is 0 Å². The van der Waals surface area contributed by atoms with Crippen LogP contribution in [0.15, 0.2) is 24.3 Å². The van der Waals surface area contributed by atoms with Crippen LogP contribution in [0, 0.1) is 5.92 Å². The lowest BCUT2D eigenvalue weighted by molar-refractivity contribution is 0.317. The average molecular weight is 320 g/mol. The van der Waals surface area contributed by atoms with Crippen LogP contribution in [0.25, 0.3) is 10.2 Å². The molecule has 1 saturated heterocycles. The molecule has 1 fully saturated rings. The fourth-order valence-electron chi connectivity index (χ4n) is 2.43. The van der Waals surface area contributed by atoms with Gasteiger partial charge < -0.3 is 5.73 Å². The third-order valence-corrected chi connectivity index (χ3v) is 4.42. The highest BCUT2D eigenvalue weighted by atomic mass is 35.5. The Hall–Kier alpha value is -0.390. The van der Waals surface area contributed by atoms with Crippen molar-refractivity contribution in [1.82, 2.24) is 9.88 Å². The smallest absolute Gasteiger partial charge is 0.108 e. The van der Waals surface area contributed by atoms with E-state index in [0.29, 0.717) is 5.92 Å². The zero-order valence-corrected chi connectivity index (χ0v) is 13.1. The van der Waals surface area contributed by atoms with Crippen molar-refractivity contribution in [3.8, 4) is 0 Å². The predicted molar refractivity (Wildman–Crippen MR) is 86.6 cm³/mol. The molecule has 2 aromatic rings. The molecular weight excluding hydrogens is 301 g/mol. The number of halogens is 2. The van der Waals surface area contributed by atoms with Crippen LogP contribution in [-0.4, -0.2) is 29.5 Å². The molecule has 1 aromatic heterocycles. The normalized spacial score (nSPS) is 19.1. The van der Waals surface area contributed by atoms with Crippen LogP contribution in [0.2, 0.25) is 0 Å². The lowest BCUT2D eigenvalue weighted by Gasteiger charge is -2.13. The van der Waals surface area contributed by atoms with Crippen LogP contribution in [0.3, 0.4) is 0 Å². The van der Waals surface area contributed by atoms with Gasteiger partial charge in [-0.1, -0.05) is 12.1 Å². The van der Waals surface area contributed by atoms with Gasteiger partial charge in [0.25, 0.3) is 0 Å². The number of hydrogen-bond acceptors (Lipinski definition) is 4. The van der Waals surface area contributed by atoms with Gasteiger partial charge in [-0.25, -0.2) is 4.98 Å². The Morgan fingerprint density at radius 1 is 1.32 bits per heavy atom. The maximum atomic E-state index is 5.71. The Bertz CT molecular complexity index is 484. The quantitative estimate of drug-likeness (QED) is 0.945. The van der Waals surface area contributed by atoms with Crippen LogP contribution >= 0.6 is 36.2 Å². The van der Waals surface area contributed by atoms with Crippen molar-refractivity contribution in [1.29, 1.82) is 0 Å². The number of aromatic nitrogens is 1. The van der Waals surface area contributed by atoms with Gasteiger partial charge in [-0.2, -0.15) is 0 Å². The largest absolute Gasteiger partial charge is 0.330 e. The molecule has 19 heavy (non-hydrogen) atoms. The molecule has 1 unspecified atom stereocenters. The zero-order chi connectivity index (χ0) is 11.7. The fraction of sp³-hybridized carbons (Fsp3) is 0.462. The van der Waals surface area contributed by atoms with E-state index >= 15 is 0 Å². The van der Waals surface area contributed by atoms with Crippen molar-refractivity contribution in [2.24, 2.45) is 11.7 Å². The number of rotatable bonds is 3. The summed E-state index contributed by atoms with van der Waals surface area (Å²) in [5, 5.41) is 1.23. The van der Waals surface area contributed by atoms with Gasteiger partial charge in [-0.05, 0) is 37.6 Å². The molecule has 3 nitrogen and oxygen atoms in total. The van der Waals surface area contributed by atoms with Crippen LogP contribution in [-0.2, 0) is 6.54 Å². The summed E-state index contributed by atoms with van der Waals surface area (Å²) in [7, 11) is 0. The summed E-state index contributed by atoms with van der Waals surface area (Å²) in [4.78, 5) is 7.14. The number of thiazole rings is 1. The Labute approximate surface area is 130 Å².